The molecule has 1 unspecified atom stereocenters. The van der Waals surface area contributed by atoms with E-state index in [9.17, 15) is 9.59 Å². The van der Waals surface area contributed by atoms with Crippen molar-refractivity contribution in [2.24, 2.45) is 5.92 Å². The maximum absolute atomic E-state index is 10.4. The minimum Gasteiger partial charge on any atom is -0.468 e. The van der Waals surface area contributed by atoms with Gasteiger partial charge in [-0.05, 0) is 18.8 Å². The fourth-order valence-electron chi connectivity index (χ4n) is 0.866. The molecule has 0 saturated heterocycles. The Morgan fingerprint density at radius 3 is 2.54 bits per heavy atom. The van der Waals surface area contributed by atoms with Gasteiger partial charge in [0.15, 0.2) is 0 Å². The van der Waals surface area contributed by atoms with E-state index >= 15 is 0 Å². The average Bonchev–Trinajstić information content (AvgIpc) is 2.04. The van der Waals surface area contributed by atoms with Gasteiger partial charge in [-0.15, -0.1) is 0 Å². The minimum atomic E-state index is -0.253. The molecule has 0 aliphatic heterocycles. The van der Waals surface area contributed by atoms with Crippen LogP contribution in [0.25, 0.3) is 0 Å². The molecule has 0 rings (SSSR count). The highest BCUT2D eigenvalue weighted by molar-refractivity contribution is 5.65. The van der Waals surface area contributed by atoms with Gasteiger partial charge in [0.1, 0.15) is 0 Å². The molecule has 4 nitrogen and oxygen atoms in total. The first-order valence-electron chi connectivity index (χ1n) is 4.35. The van der Waals surface area contributed by atoms with Crippen molar-refractivity contribution >= 4 is 12.4 Å². The van der Waals surface area contributed by atoms with Crippen LogP contribution in [0.4, 0.5) is 0 Å². The van der Waals surface area contributed by atoms with Gasteiger partial charge in [-0.3, -0.25) is 9.59 Å². The number of ether oxygens (including phenoxy) is 2. The molecule has 4 heteroatoms. The van der Waals surface area contributed by atoms with Crippen LogP contribution in [-0.2, 0) is 19.1 Å². The summed E-state index contributed by atoms with van der Waals surface area (Å²) < 4.78 is 9.31. The zero-order valence-corrected chi connectivity index (χ0v) is 8.12. The number of esters is 1. The molecule has 0 aliphatic carbocycles. The van der Waals surface area contributed by atoms with Crippen LogP contribution in [0.15, 0.2) is 0 Å². The number of carbonyl (C=O) groups excluding carboxylic acids is 2. The Morgan fingerprint density at radius 1 is 1.38 bits per heavy atom. The summed E-state index contributed by atoms with van der Waals surface area (Å²) >= 11 is 0. The second-order valence-electron chi connectivity index (χ2n) is 2.99. The lowest BCUT2D eigenvalue weighted by molar-refractivity contribution is -0.141. The second kappa shape index (κ2) is 7.58. The van der Waals surface area contributed by atoms with E-state index in [0.717, 1.165) is 12.8 Å². The van der Waals surface area contributed by atoms with Crippen molar-refractivity contribution in [3.63, 3.8) is 0 Å². The van der Waals surface area contributed by atoms with Crippen LogP contribution >= 0.6 is 0 Å². The van der Waals surface area contributed by atoms with Crippen molar-refractivity contribution < 1.29 is 19.1 Å². The van der Waals surface area contributed by atoms with E-state index in [-0.39, 0.29) is 5.97 Å². The smallest absolute Gasteiger partial charge is 0.302 e. The highest BCUT2D eigenvalue weighted by Crippen LogP contribution is 2.07. The van der Waals surface area contributed by atoms with Crippen molar-refractivity contribution in [2.75, 3.05) is 13.2 Å². The van der Waals surface area contributed by atoms with Crippen molar-refractivity contribution in [2.45, 2.75) is 26.7 Å². The van der Waals surface area contributed by atoms with Gasteiger partial charge in [0.05, 0.1) is 13.2 Å². The number of rotatable bonds is 7. The Hall–Kier alpha value is -1.06. The molecule has 0 spiro atoms. The van der Waals surface area contributed by atoms with Gasteiger partial charge in [0.2, 0.25) is 0 Å². The van der Waals surface area contributed by atoms with Gasteiger partial charge in [-0.2, -0.15) is 0 Å². The van der Waals surface area contributed by atoms with Crippen LogP contribution in [-0.4, -0.2) is 25.7 Å². The molecular formula is C9H16O4. The summed E-state index contributed by atoms with van der Waals surface area (Å²) in [4.78, 5) is 20.2. The molecule has 0 heterocycles. The molecule has 0 aromatic carbocycles. The van der Waals surface area contributed by atoms with E-state index in [0.29, 0.717) is 25.6 Å². The second-order valence-corrected chi connectivity index (χ2v) is 2.99. The van der Waals surface area contributed by atoms with Crippen molar-refractivity contribution in [3.05, 3.63) is 0 Å². The van der Waals surface area contributed by atoms with Crippen molar-refractivity contribution in [1.82, 2.24) is 0 Å². The number of hydrogen-bond donors (Lipinski definition) is 0. The SMILES string of the molecule is CC(=O)OCCC(C)CCOC=O. The average molecular weight is 188 g/mol. The molecular weight excluding hydrogens is 172 g/mol. The van der Waals surface area contributed by atoms with Crippen LogP contribution in [0, 0.1) is 5.92 Å². The van der Waals surface area contributed by atoms with E-state index in [1.165, 1.54) is 6.92 Å². The van der Waals surface area contributed by atoms with E-state index in [1.807, 2.05) is 6.92 Å². The third-order valence-corrected chi connectivity index (χ3v) is 1.71. The monoisotopic (exact) mass is 188 g/mol. The zero-order valence-electron chi connectivity index (χ0n) is 8.12. The van der Waals surface area contributed by atoms with Crippen LogP contribution in [0.1, 0.15) is 26.7 Å². The van der Waals surface area contributed by atoms with Crippen LogP contribution < -0.4 is 0 Å². The first kappa shape index (κ1) is 11.9. The van der Waals surface area contributed by atoms with Gasteiger partial charge in [0, 0.05) is 6.92 Å². The fourth-order valence-corrected chi connectivity index (χ4v) is 0.866. The molecule has 1 atom stereocenters. The van der Waals surface area contributed by atoms with Gasteiger partial charge in [0.25, 0.3) is 6.47 Å². The van der Waals surface area contributed by atoms with Crippen LogP contribution in [0.2, 0.25) is 0 Å². The Morgan fingerprint density at radius 2 is 2.00 bits per heavy atom. The van der Waals surface area contributed by atoms with Gasteiger partial charge < -0.3 is 9.47 Å². The van der Waals surface area contributed by atoms with Crippen molar-refractivity contribution in [3.8, 4) is 0 Å². The number of hydrogen-bond acceptors (Lipinski definition) is 4. The Labute approximate surface area is 78.2 Å². The molecule has 0 aromatic rings. The highest BCUT2D eigenvalue weighted by atomic mass is 16.5. The van der Waals surface area contributed by atoms with E-state index in [1.54, 1.807) is 0 Å². The molecule has 0 bridgehead atoms. The summed E-state index contributed by atoms with van der Waals surface area (Å²) in [6, 6.07) is 0. The largest absolute Gasteiger partial charge is 0.468 e. The normalized spacial score (nSPS) is 11.8. The first-order chi connectivity index (χ1) is 6.16. The highest BCUT2D eigenvalue weighted by Gasteiger charge is 2.02. The van der Waals surface area contributed by atoms with E-state index in [2.05, 4.69) is 4.74 Å². The summed E-state index contributed by atoms with van der Waals surface area (Å²) in [6.07, 6.45) is 1.61. The van der Waals surface area contributed by atoms with Crippen molar-refractivity contribution in [1.29, 1.82) is 0 Å². The predicted molar refractivity (Wildman–Crippen MR) is 47.0 cm³/mol. The quantitative estimate of drug-likeness (QED) is 0.341. The van der Waals surface area contributed by atoms with Gasteiger partial charge >= 0.3 is 5.97 Å². The van der Waals surface area contributed by atoms with Gasteiger partial charge in [-0.1, -0.05) is 6.92 Å². The standard InChI is InChI=1S/C9H16O4/c1-8(3-5-12-7-10)4-6-13-9(2)11/h7-8H,3-6H2,1-2H3. The molecule has 0 amide bonds. The Bertz CT molecular complexity index is 156. The van der Waals surface area contributed by atoms with E-state index in [4.69, 9.17) is 4.74 Å². The number of carbonyl (C=O) groups is 2. The maximum atomic E-state index is 10.4. The molecule has 76 valence electrons. The third kappa shape index (κ3) is 8.85. The summed E-state index contributed by atoms with van der Waals surface area (Å²) in [7, 11) is 0. The Balaban J connectivity index is 3.24. The molecule has 0 saturated carbocycles. The Kier molecular flexibility index (Phi) is 6.96. The predicted octanol–water partition coefficient (Wildman–Crippen LogP) is 1.14. The van der Waals surface area contributed by atoms with E-state index < -0.39 is 0 Å². The summed E-state index contributed by atoms with van der Waals surface area (Å²) in [6.45, 7) is 4.74. The molecule has 0 aliphatic rings. The van der Waals surface area contributed by atoms with Crippen LogP contribution in [0.3, 0.4) is 0 Å². The summed E-state index contributed by atoms with van der Waals surface area (Å²) in [5.41, 5.74) is 0. The molecule has 13 heavy (non-hydrogen) atoms. The zero-order chi connectivity index (χ0) is 10.1. The minimum absolute atomic E-state index is 0.253. The lowest BCUT2D eigenvalue weighted by Crippen LogP contribution is -2.07. The maximum Gasteiger partial charge on any atom is 0.302 e. The molecule has 0 N–H and O–H groups in total. The topological polar surface area (TPSA) is 52.6 Å². The van der Waals surface area contributed by atoms with Crippen LogP contribution in [0.5, 0.6) is 0 Å². The summed E-state index contributed by atoms with van der Waals surface area (Å²) in [5, 5.41) is 0. The molecule has 0 radical (unpaired) electrons. The third-order valence-electron chi connectivity index (χ3n) is 1.71. The summed E-state index contributed by atoms with van der Waals surface area (Å²) in [5.74, 6) is 0.149. The molecule has 0 aromatic heterocycles. The van der Waals surface area contributed by atoms with Gasteiger partial charge in [-0.25, -0.2) is 0 Å². The fraction of sp³-hybridized carbons (Fsp3) is 0.778. The lowest BCUT2D eigenvalue weighted by Gasteiger charge is -2.09. The first-order valence-corrected chi connectivity index (χ1v) is 4.35. The molecule has 0 fully saturated rings. The lowest BCUT2D eigenvalue weighted by atomic mass is 10.1.